The Balaban J connectivity index is 2.80. The van der Waals surface area contributed by atoms with Crippen LogP contribution in [0.2, 0.25) is 0 Å². The van der Waals surface area contributed by atoms with Gasteiger partial charge in [0.1, 0.15) is 6.61 Å². The summed E-state index contributed by atoms with van der Waals surface area (Å²) in [5.74, 6) is 1.48. The Morgan fingerprint density at radius 1 is 1.41 bits per heavy atom. The number of hydrogen-bond acceptors (Lipinski definition) is 3. The lowest BCUT2D eigenvalue weighted by molar-refractivity contribution is 0.326. The van der Waals surface area contributed by atoms with Crippen LogP contribution in [-0.4, -0.2) is 19.8 Å². The number of rotatable bonds is 7. The van der Waals surface area contributed by atoms with Crippen LogP contribution >= 0.6 is 0 Å². The molecule has 1 unspecified atom stereocenters. The zero-order valence-electron chi connectivity index (χ0n) is 10.6. The van der Waals surface area contributed by atoms with Crippen LogP contribution in [0, 0.1) is 0 Å². The molecule has 0 aliphatic heterocycles. The van der Waals surface area contributed by atoms with Crippen LogP contribution in [0.25, 0.3) is 0 Å². The topological polar surface area (TPSA) is 44.5 Å². The molecule has 17 heavy (non-hydrogen) atoms. The summed E-state index contributed by atoms with van der Waals surface area (Å²) >= 11 is 0. The Bertz CT molecular complexity index is 363. The Morgan fingerprint density at radius 2 is 2.18 bits per heavy atom. The highest BCUT2D eigenvalue weighted by Crippen LogP contribution is 2.28. The molecule has 0 saturated heterocycles. The highest BCUT2D eigenvalue weighted by Gasteiger charge is 2.07. The van der Waals surface area contributed by atoms with Gasteiger partial charge in [-0.15, -0.1) is 0 Å². The standard InChI is InChI=1S/C14H21NO2/c1-4-8-17-13-7-6-11(9-12(15)5-2)10-14(13)16-3/h4,6-7,10,12H,1,5,8-9,15H2,2-3H3. The van der Waals surface area contributed by atoms with Crippen LogP contribution < -0.4 is 15.2 Å². The molecule has 0 aliphatic rings. The second kappa shape index (κ2) is 6.97. The van der Waals surface area contributed by atoms with Crippen molar-refractivity contribution in [1.82, 2.24) is 0 Å². The van der Waals surface area contributed by atoms with Crippen molar-refractivity contribution in [3.05, 3.63) is 36.4 Å². The first-order valence-electron chi connectivity index (χ1n) is 5.87. The lowest BCUT2D eigenvalue weighted by atomic mass is 10.0. The molecular formula is C14H21NO2. The van der Waals surface area contributed by atoms with E-state index < -0.39 is 0 Å². The van der Waals surface area contributed by atoms with Crippen molar-refractivity contribution in [3.8, 4) is 11.5 Å². The van der Waals surface area contributed by atoms with Gasteiger partial charge in [-0.25, -0.2) is 0 Å². The Morgan fingerprint density at radius 3 is 2.76 bits per heavy atom. The summed E-state index contributed by atoms with van der Waals surface area (Å²) in [5.41, 5.74) is 7.10. The van der Waals surface area contributed by atoms with Crippen molar-refractivity contribution in [2.45, 2.75) is 25.8 Å². The molecule has 0 spiro atoms. The molecule has 0 aliphatic carbocycles. The fourth-order valence-electron chi connectivity index (χ4n) is 1.55. The largest absolute Gasteiger partial charge is 0.493 e. The van der Waals surface area contributed by atoms with Gasteiger partial charge in [-0.05, 0) is 30.5 Å². The van der Waals surface area contributed by atoms with E-state index in [1.165, 1.54) is 5.56 Å². The molecule has 0 fully saturated rings. The predicted molar refractivity (Wildman–Crippen MR) is 70.7 cm³/mol. The first-order chi connectivity index (χ1) is 8.21. The van der Waals surface area contributed by atoms with E-state index in [9.17, 15) is 0 Å². The molecule has 1 aromatic rings. The molecule has 0 heterocycles. The van der Waals surface area contributed by atoms with Gasteiger partial charge in [0, 0.05) is 6.04 Å². The van der Waals surface area contributed by atoms with Crippen molar-refractivity contribution in [2.75, 3.05) is 13.7 Å². The lowest BCUT2D eigenvalue weighted by Gasteiger charge is -2.13. The average molecular weight is 235 g/mol. The molecule has 1 rings (SSSR count). The SMILES string of the molecule is C=CCOc1ccc(CC(N)CC)cc1OC. The minimum Gasteiger partial charge on any atom is -0.493 e. The Labute approximate surface area is 103 Å². The number of ether oxygens (including phenoxy) is 2. The van der Waals surface area contributed by atoms with Crippen LogP contribution in [0.4, 0.5) is 0 Å². The van der Waals surface area contributed by atoms with Crippen molar-refractivity contribution in [2.24, 2.45) is 5.73 Å². The quantitative estimate of drug-likeness (QED) is 0.739. The van der Waals surface area contributed by atoms with Gasteiger partial charge in [0.25, 0.3) is 0 Å². The van der Waals surface area contributed by atoms with Crippen molar-refractivity contribution < 1.29 is 9.47 Å². The Hall–Kier alpha value is -1.48. The van der Waals surface area contributed by atoms with Crippen LogP contribution in [-0.2, 0) is 6.42 Å². The first-order valence-corrected chi connectivity index (χ1v) is 5.87. The van der Waals surface area contributed by atoms with Gasteiger partial charge in [0.05, 0.1) is 7.11 Å². The number of hydrogen-bond donors (Lipinski definition) is 1. The summed E-state index contributed by atoms with van der Waals surface area (Å²) in [5, 5.41) is 0. The van der Waals surface area contributed by atoms with Gasteiger partial charge in [-0.3, -0.25) is 0 Å². The molecule has 3 heteroatoms. The van der Waals surface area contributed by atoms with Crippen molar-refractivity contribution >= 4 is 0 Å². The number of benzene rings is 1. The third-order valence-corrected chi connectivity index (χ3v) is 2.61. The fourth-order valence-corrected chi connectivity index (χ4v) is 1.55. The molecule has 2 N–H and O–H groups in total. The maximum absolute atomic E-state index is 5.93. The molecule has 0 aromatic heterocycles. The van der Waals surface area contributed by atoms with E-state index in [1.807, 2.05) is 18.2 Å². The fraction of sp³-hybridized carbons (Fsp3) is 0.429. The van der Waals surface area contributed by atoms with E-state index in [1.54, 1.807) is 13.2 Å². The molecule has 3 nitrogen and oxygen atoms in total. The van der Waals surface area contributed by atoms with E-state index in [4.69, 9.17) is 15.2 Å². The summed E-state index contributed by atoms with van der Waals surface area (Å²) in [6, 6.07) is 6.12. The number of methoxy groups -OCH3 is 1. The third kappa shape index (κ3) is 4.11. The van der Waals surface area contributed by atoms with E-state index in [2.05, 4.69) is 13.5 Å². The molecule has 0 saturated carbocycles. The maximum Gasteiger partial charge on any atom is 0.161 e. The van der Waals surface area contributed by atoms with Gasteiger partial charge in [0.2, 0.25) is 0 Å². The molecule has 0 amide bonds. The highest BCUT2D eigenvalue weighted by molar-refractivity contribution is 5.43. The molecule has 0 radical (unpaired) electrons. The monoisotopic (exact) mass is 235 g/mol. The van der Waals surface area contributed by atoms with Crippen LogP contribution in [0.5, 0.6) is 11.5 Å². The van der Waals surface area contributed by atoms with Gasteiger partial charge in [-0.1, -0.05) is 25.6 Å². The summed E-state index contributed by atoms with van der Waals surface area (Å²) in [4.78, 5) is 0. The summed E-state index contributed by atoms with van der Waals surface area (Å²) in [6.07, 6.45) is 3.53. The second-order valence-corrected chi connectivity index (χ2v) is 3.96. The highest BCUT2D eigenvalue weighted by atomic mass is 16.5. The minimum atomic E-state index is 0.194. The molecular weight excluding hydrogens is 214 g/mol. The lowest BCUT2D eigenvalue weighted by Crippen LogP contribution is -2.21. The summed E-state index contributed by atoms with van der Waals surface area (Å²) in [6.45, 7) is 6.18. The first kappa shape index (κ1) is 13.6. The van der Waals surface area contributed by atoms with Crippen LogP contribution in [0.3, 0.4) is 0 Å². The number of nitrogens with two attached hydrogens (primary N) is 1. The van der Waals surface area contributed by atoms with Crippen LogP contribution in [0.15, 0.2) is 30.9 Å². The van der Waals surface area contributed by atoms with Gasteiger partial charge in [0.15, 0.2) is 11.5 Å². The molecule has 1 atom stereocenters. The molecule has 94 valence electrons. The zero-order valence-corrected chi connectivity index (χ0v) is 10.6. The summed E-state index contributed by atoms with van der Waals surface area (Å²) in [7, 11) is 1.64. The van der Waals surface area contributed by atoms with Crippen molar-refractivity contribution in [1.29, 1.82) is 0 Å². The maximum atomic E-state index is 5.93. The van der Waals surface area contributed by atoms with E-state index in [0.717, 1.165) is 24.3 Å². The molecule has 1 aromatic carbocycles. The Kier molecular flexibility index (Phi) is 5.57. The third-order valence-electron chi connectivity index (χ3n) is 2.61. The average Bonchev–Trinajstić information content (AvgIpc) is 2.36. The minimum absolute atomic E-state index is 0.194. The van der Waals surface area contributed by atoms with Crippen molar-refractivity contribution in [3.63, 3.8) is 0 Å². The molecule has 0 bridgehead atoms. The normalized spacial score (nSPS) is 11.9. The predicted octanol–water partition coefficient (Wildman–Crippen LogP) is 2.54. The van der Waals surface area contributed by atoms with Gasteiger partial charge in [-0.2, -0.15) is 0 Å². The van der Waals surface area contributed by atoms with E-state index in [0.29, 0.717) is 6.61 Å². The smallest absolute Gasteiger partial charge is 0.161 e. The van der Waals surface area contributed by atoms with E-state index >= 15 is 0 Å². The zero-order chi connectivity index (χ0) is 12.7. The van der Waals surface area contributed by atoms with Gasteiger partial charge >= 0.3 is 0 Å². The van der Waals surface area contributed by atoms with Gasteiger partial charge < -0.3 is 15.2 Å². The summed E-state index contributed by atoms with van der Waals surface area (Å²) < 4.78 is 10.8. The van der Waals surface area contributed by atoms with Crippen LogP contribution in [0.1, 0.15) is 18.9 Å². The van der Waals surface area contributed by atoms with E-state index in [-0.39, 0.29) is 6.04 Å². The second-order valence-electron chi connectivity index (χ2n) is 3.96.